The Bertz CT molecular complexity index is 349. The van der Waals surface area contributed by atoms with E-state index < -0.39 is 5.97 Å². The number of nitrogens with one attached hydrogen (secondary N) is 1. The van der Waals surface area contributed by atoms with E-state index in [0.29, 0.717) is 32.4 Å². The van der Waals surface area contributed by atoms with Crippen molar-refractivity contribution in [2.24, 2.45) is 0 Å². The van der Waals surface area contributed by atoms with Crippen LogP contribution in [0.25, 0.3) is 0 Å². The third-order valence-electron chi connectivity index (χ3n) is 3.47. The van der Waals surface area contributed by atoms with Gasteiger partial charge in [0.05, 0.1) is 0 Å². The number of carboxylic acids is 1. The van der Waals surface area contributed by atoms with Gasteiger partial charge in [-0.15, -0.1) is 0 Å². The van der Waals surface area contributed by atoms with Crippen LogP contribution < -0.4 is 5.32 Å². The highest BCUT2D eigenvalue weighted by molar-refractivity contribution is 5.77. The molecule has 6 nitrogen and oxygen atoms in total. The lowest BCUT2D eigenvalue weighted by atomic mass is 10.0. The molecular weight excluding hydrogens is 260 g/mol. The fraction of sp³-hybridized carbons (Fsp3) is 0.786. The molecule has 1 heterocycles. The highest BCUT2D eigenvalue weighted by Gasteiger charge is 2.23. The van der Waals surface area contributed by atoms with Crippen LogP contribution in [0.3, 0.4) is 0 Å². The van der Waals surface area contributed by atoms with Crippen LogP contribution in [0.4, 0.5) is 0 Å². The van der Waals surface area contributed by atoms with Crippen molar-refractivity contribution in [2.45, 2.75) is 57.9 Å². The van der Waals surface area contributed by atoms with Gasteiger partial charge in [0.15, 0.2) is 0 Å². The molecule has 1 fully saturated rings. The van der Waals surface area contributed by atoms with Crippen molar-refractivity contribution >= 4 is 17.8 Å². The monoisotopic (exact) mass is 284 g/mol. The van der Waals surface area contributed by atoms with Gasteiger partial charge in [-0.3, -0.25) is 14.4 Å². The van der Waals surface area contributed by atoms with Gasteiger partial charge in [-0.2, -0.15) is 0 Å². The van der Waals surface area contributed by atoms with Crippen LogP contribution in [-0.2, 0) is 14.4 Å². The summed E-state index contributed by atoms with van der Waals surface area (Å²) in [4.78, 5) is 35.5. The average Bonchev–Trinajstić information content (AvgIpc) is 2.39. The zero-order chi connectivity index (χ0) is 15.0. The summed E-state index contributed by atoms with van der Waals surface area (Å²) in [6.45, 7) is 3.25. The van der Waals surface area contributed by atoms with Crippen LogP contribution in [0, 0.1) is 0 Å². The van der Waals surface area contributed by atoms with E-state index in [1.165, 1.54) is 0 Å². The minimum atomic E-state index is -0.866. The quantitative estimate of drug-likeness (QED) is 0.734. The zero-order valence-electron chi connectivity index (χ0n) is 12.1. The van der Waals surface area contributed by atoms with Crippen molar-refractivity contribution in [3.8, 4) is 0 Å². The second kappa shape index (κ2) is 8.55. The normalized spacial score (nSPS) is 15.9. The summed E-state index contributed by atoms with van der Waals surface area (Å²) < 4.78 is 0. The van der Waals surface area contributed by atoms with Gasteiger partial charge in [0.2, 0.25) is 11.8 Å². The summed E-state index contributed by atoms with van der Waals surface area (Å²) in [5.41, 5.74) is 0. The average molecular weight is 284 g/mol. The summed E-state index contributed by atoms with van der Waals surface area (Å²) in [7, 11) is 0. The molecule has 0 aromatic carbocycles. The molecule has 1 saturated heterocycles. The van der Waals surface area contributed by atoms with E-state index in [1.54, 1.807) is 4.90 Å². The van der Waals surface area contributed by atoms with E-state index in [2.05, 4.69) is 5.32 Å². The number of nitrogens with zero attached hydrogens (tertiary/aromatic N) is 1. The number of carboxylic acid groups (broad SMARTS) is 1. The predicted molar refractivity (Wildman–Crippen MR) is 74.1 cm³/mol. The van der Waals surface area contributed by atoms with Crippen LogP contribution in [0.5, 0.6) is 0 Å². The van der Waals surface area contributed by atoms with E-state index in [-0.39, 0.29) is 24.3 Å². The standard InChI is InChI=1S/C14H24N2O4/c1-2-4-12(17)15-11-7-9-16(10-8-11)13(18)5-3-6-14(19)20/h11H,2-10H2,1H3,(H,15,17)(H,19,20). The lowest BCUT2D eigenvalue weighted by molar-refractivity contribution is -0.137. The van der Waals surface area contributed by atoms with Gasteiger partial charge in [-0.25, -0.2) is 0 Å². The number of piperidine rings is 1. The van der Waals surface area contributed by atoms with E-state index in [1.807, 2.05) is 6.92 Å². The molecule has 0 radical (unpaired) electrons. The number of rotatable bonds is 7. The summed E-state index contributed by atoms with van der Waals surface area (Å²) >= 11 is 0. The Balaban J connectivity index is 2.22. The lowest BCUT2D eigenvalue weighted by Gasteiger charge is -2.32. The first kappa shape index (κ1) is 16.5. The second-order valence-electron chi connectivity index (χ2n) is 5.22. The molecule has 1 rings (SSSR count). The van der Waals surface area contributed by atoms with Crippen molar-refractivity contribution in [2.75, 3.05) is 13.1 Å². The van der Waals surface area contributed by atoms with E-state index in [0.717, 1.165) is 19.3 Å². The van der Waals surface area contributed by atoms with Crippen molar-refractivity contribution in [1.29, 1.82) is 0 Å². The molecule has 0 bridgehead atoms. The van der Waals surface area contributed by atoms with Gasteiger partial charge in [0.25, 0.3) is 0 Å². The Morgan fingerprint density at radius 2 is 1.80 bits per heavy atom. The topological polar surface area (TPSA) is 86.7 Å². The Hall–Kier alpha value is -1.59. The molecule has 0 spiro atoms. The number of likely N-dealkylation sites (tertiary alicyclic amines) is 1. The molecule has 2 N–H and O–H groups in total. The first-order valence-corrected chi connectivity index (χ1v) is 7.31. The summed E-state index contributed by atoms with van der Waals surface area (Å²) in [5, 5.41) is 11.5. The SMILES string of the molecule is CCCC(=O)NC1CCN(C(=O)CCCC(=O)O)CC1. The maximum Gasteiger partial charge on any atom is 0.303 e. The number of carbonyl (C=O) groups excluding carboxylic acids is 2. The summed E-state index contributed by atoms with van der Waals surface area (Å²) in [6.07, 6.45) is 3.66. The number of hydrogen-bond donors (Lipinski definition) is 2. The second-order valence-corrected chi connectivity index (χ2v) is 5.22. The molecule has 20 heavy (non-hydrogen) atoms. The largest absolute Gasteiger partial charge is 0.481 e. The van der Waals surface area contributed by atoms with Crippen LogP contribution in [0.15, 0.2) is 0 Å². The zero-order valence-corrected chi connectivity index (χ0v) is 12.1. The van der Waals surface area contributed by atoms with Gasteiger partial charge < -0.3 is 15.3 Å². The molecule has 0 aromatic rings. The third-order valence-corrected chi connectivity index (χ3v) is 3.47. The molecular formula is C14H24N2O4. The maximum atomic E-state index is 11.9. The molecule has 114 valence electrons. The Kier molecular flexibility index (Phi) is 7.04. The molecule has 1 aliphatic rings. The van der Waals surface area contributed by atoms with Gasteiger partial charge in [-0.05, 0) is 25.7 Å². The van der Waals surface area contributed by atoms with Crippen molar-refractivity contribution in [1.82, 2.24) is 10.2 Å². The van der Waals surface area contributed by atoms with Crippen LogP contribution in [0.1, 0.15) is 51.9 Å². The van der Waals surface area contributed by atoms with E-state index in [9.17, 15) is 14.4 Å². The predicted octanol–water partition coefficient (Wildman–Crippen LogP) is 1.15. The Morgan fingerprint density at radius 1 is 1.15 bits per heavy atom. The summed E-state index contributed by atoms with van der Waals surface area (Å²) in [6, 6.07) is 0.164. The number of aliphatic carboxylic acids is 1. The first-order valence-electron chi connectivity index (χ1n) is 7.31. The molecule has 6 heteroatoms. The number of carbonyl (C=O) groups is 3. The van der Waals surface area contributed by atoms with Gasteiger partial charge >= 0.3 is 5.97 Å². The number of amides is 2. The Morgan fingerprint density at radius 3 is 2.35 bits per heavy atom. The fourth-order valence-electron chi connectivity index (χ4n) is 2.35. The highest BCUT2D eigenvalue weighted by Crippen LogP contribution is 2.13. The van der Waals surface area contributed by atoms with Gasteiger partial charge in [0.1, 0.15) is 0 Å². The van der Waals surface area contributed by atoms with Crippen molar-refractivity contribution in [3.05, 3.63) is 0 Å². The molecule has 0 atom stereocenters. The highest BCUT2D eigenvalue weighted by atomic mass is 16.4. The van der Waals surface area contributed by atoms with E-state index >= 15 is 0 Å². The van der Waals surface area contributed by atoms with Crippen LogP contribution >= 0.6 is 0 Å². The molecule has 0 aliphatic carbocycles. The fourth-order valence-corrected chi connectivity index (χ4v) is 2.35. The third kappa shape index (κ3) is 6.04. The molecule has 0 aromatic heterocycles. The number of hydrogen-bond acceptors (Lipinski definition) is 3. The van der Waals surface area contributed by atoms with Crippen molar-refractivity contribution in [3.63, 3.8) is 0 Å². The molecule has 0 unspecified atom stereocenters. The summed E-state index contributed by atoms with van der Waals surface area (Å²) in [5.74, 6) is -0.765. The van der Waals surface area contributed by atoms with Crippen LogP contribution in [0.2, 0.25) is 0 Å². The molecule has 2 amide bonds. The minimum absolute atomic E-state index is 0.0181. The smallest absolute Gasteiger partial charge is 0.303 e. The minimum Gasteiger partial charge on any atom is -0.481 e. The molecule has 0 saturated carbocycles. The first-order chi connectivity index (χ1) is 9.52. The molecule has 1 aliphatic heterocycles. The van der Waals surface area contributed by atoms with Gasteiger partial charge in [-0.1, -0.05) is 6.92 Å². The van der Waals surface area contributed by atoms with Crippen molar-refractivity contribution < 1.29 is 19.5 Å². The van der Waals surface area contributed by atoms with E-state index in [4.69, 9.17) is 5.11 Å². The maximum absolute atomic E-state index is 11.9. The lowest BCUT2D eigenvalue weighted by Crippen LogP contribution is -2.46. The van der Waals surface area contributed by atoms with Gasteiger partial charge in [0, 0.05) is 38.4 Å². The Labute approximate surface area is 119 Å². The van der Waals surface area contributed by atoms with Crippen LogP contribution in [-0.4, -0.2) is 46.9 Å².